The Morgan fingerprint density at radius 1 is 1.78 bits per heavy atom. The highest BCUT2D eigenvalue weighted by atomic mass is 35.5. The number of carbonyl (C=O) groups excluding carboxylic acids is 1. The van der Waals surface area contributed by atoms with Crippen molar-refractivity contribution in [1.82, 2.24) is 0 Å². The molecule has 0 aromatic rings. The zero-order valence-electron chi connectivity index (χ0n) is 5.48. The lowest BCUT2D eigenvalue weighted by Crippen LogP contribution is -2.15. The monoisotopic (exact) mass is 164 g/mol. The van der Waals surface area contributed by atoms with Crippen LogP contribution in [0.4, 0.5) is 0 Å². The van der Waals surface area contributed by atoms with Crippen LogP contribution < -0.4 is 0 Å². The number of hydrogen-bond acceptors (Lipinski definition) is 2. The summed E-state index contributed by atoms with van der Waals surface area (Å²) >= 11 is 5.29. The largest absolute Gasteiger partial charge is 0.515 e. The molecule has 0 fully saturated rings. The van der Waals surface area contributed by atoms with Crippen molar-refractivity contribution in [2.45, 2.75) is 13.8 Å². The second-order valence-corrected chi connectivity index (χ2v) is 3.42. The van der Waals surface area contributed by atoms with Crippen LogP contribution in [0.2, 0.25) is 0 Å². The molecule has 0 rings (SSSR count). The maximum Gasteiger partial charge on any atom is 0.331 e. The van der Waals surface area contributed by atoms with E-state index in [0.29, 0.717) is 5.50 Å². The van der Waals surface area contributed by atoms with Crippen LogP contribution in [-0.4, -0.2) is 21.2 Å². The molecule has 0 bridgehead atoms. The average Bonchev–Trinajstić information content (AvgIpc) is 1.82. The zero-order chi connectivity index (χ0) is 7.28. The molecule has 0 aliphatic carbocycles. The number of hydrogen-bond donors (Lipinski definition) is 0. The molecule has 0 atom stereocenters. The molecular weight excluding hydrogens is 156 g/mol. The van der Waals surface area contributed by atoms with Crippen molar-refractivity contribution in [3.05, 3.63) is 0 Å². The second-order valence-electron chi connectivity index (χ2n) is 1.85. The highest BCUT2D eigenvalue weighted by Crippen LogP contribution is 1.94. The van der Waals surface area contributed by atoms with E-state index in [4.69, 9.17) is 16.0 Å². The first kappa shape index (κ1) is 8.98. The minimum absolute atomic E-state index is 0.0410. The Hall–Kier alpha value is -0.0231. The predicted octanol–water partition coefficient (Wildman–Crippen LogP) is 1.00. The Kier molecular flexibility index (Phi) is 4.81. The summed E-state index contributed by atoms with van der Waals surface area (Å²) in [6.07, 6.45) is 0. The first-order chi connectivity index (χ1) is 4.18. The number of carbonyl (C=O) groups is 1. The van der Waals surface area contributed by atoms with Gasteiger partial charge in [0.15, 0.2) is 0 Å². The fraction of sp³-hybridized carbons (Fsp3) is 0.800. The van der Waals surface area contributed by atoms with Crippen molar-refractivity contribution in [3.8, 4) is 0 Å². The highest BCUT2D eigenvalue weighted by molar-refractivity contribution is 6.46. The molecule has 0 aliphatic heterocycles. The van der Waals surface area contributed by atoms with Crippen LogP contribution in [0.25, 0.3) is 0 Å². The lowest BCUT2D eigenvalue weighted by Gasteiger charge is -2.02. The Balaban J connectivity index is 3.28. The molecule has 0 aromatic heterocycles. The van der Waals surface area contributed by atoms with Crippen LogP contribution in [0.3, 0.4) is 0 Å². The van der Waals surface area contributed by atoms with E-state index in [0.717, 1.165) is 0 Å². The van der Waals surface area contributed by atoms with Crippen LogP contribution in [0.1, 0.15) is 13.8 Å². The van der Waals surface area contributed by atoms with Gasteiger partial charge in [-0.15, -0.1) is 11.6 Å². The van der Waals surface area contributed by atoms with E-state index in [1.807, 2.05) is 0 Å². The van der Waals surface area contributed by atoms with Crippen molar-refractivity contribution in [2.75, 3.05) is 5.50 Å². The van der Waals surface area contributed by atoms with E-state index in [1.54, 1.807) is 13.8 Å². The van der Waals surface area contributed by atoms with Gasteiger partial charge in [0.1, 0.15) is 0 Å². The molecule has 2 radical (unpaired) electrons. The Bertz CT molecular complexity index is 95.0. The van der Waals surface area contributed by atoms with Gasteiger partial charge < -0.3 is 4.43 Å². The first-order valence-corrected chi connectivity index (χ1v) is 4.33. The smallest absolute Gasteiger partial charge is 0.331 e. The minimum atomic E-state index is -0.172. The third-order valence-electron chi connectivity index (χ3n) is 0.699. The summed E-state index contributed by atoms with van der Waals surface area (Å²) in [6.45, 7) is 3.59. The molecule has 4 heteroatoms. The summed E-state index contributed by atoms with van der Waals surface area (Å²) in [5, 5.41) is 0. The highest BCUT2D eigenvalue weighted by Gasteiger charge is 2.06. The molecule has 52 valence electrons. The van der Waals surface area contributed by atoms with Gasteiger partial charge in [0.2, 0.25) is 0 Å². The van der Waals surface area contributed by atoms with Crippen LogP contribution in [0.5, 0.6) is 0 Å². The molecule has 0 spiro atoms. The predicted molar refractivity (Wildman–Crippen MR) is 37.4 cm³/mol. The van der Waals surface area contributed by atoms with E-state index in [9.17, 15) is 4.79 Å². The van der Waals surface area contributed by atoms with Crippen molar-refractivity contribution in [1.29, 1.82) is 0 Å². The summed E-state index contributed by atoms with van der Waals surface area (Å²) in [4.78, 5) is 10.6. The second kappa shape index (κ2) is 4.82. The molecule has 9 heavy (non-hydrogen) atoms. The maximum atomic E-state index is 10.6. The Morgan fingerprint density at radius 2 is 2.33 bits per heavy atom. The van der Waals surface area contributed by atoms with Gasteiger partial charge in [-0.05, 0) is 0 Å². The summed E-state index contributed by atoms with van der Waals surface area (Å²) in [5.74, 6) is -0.213. The molecule has 0 saturated heterocycles. The van der Waals surface area contributed by atoms with Gasteiger partial charge in [-0.25, -0.2) is 0 Å². The van der Waals surface area contributed by atoms with Gasteiger partial charge in [-0.3, -0.25) is 4.79 Å². The van der Waals surface area contributed by atoms with E-state index >= 15 is 0 Å². The van der Waals surface area contributed by atoms with Crippen molar-refractivity contribution in [3.63, 3.8) is 0 Å². The average molecular weight is 165 g/mol. The Morgan fingerprint density at radius 3 is 2.67 bits per heavy atom. The molecule has 0 heterocycles. The molecule has 0 unspecified atom stereocenters. The van der Waals surface area contributed by atoms with E-state index in [1.165, 1.54) is 0 Å². The van der Waals surface area contributed by atoms with Crippen molar-refractivity contribution < 1.29 is 9.22 Å². The molecular formula is C5H9ClO2Si. The quantitative estimate of drug-likeness (QED) is 0.460. The van der Waals surface area contributed by atoms with Crippen LogP contribution in [0.15, 0.2) is 0 Å². The van der Waals surface area contributed by atoms with Crippen LogP contribution >= 0.6 is 11.6 Å². The molecule has 0 amide bonds. The summed E-state index contributed by atoms with van der Waals surface area (Å²) in [7, 11) is 0.104. The van der Waals surface area contributed by atoms with E-state index < -0.39 is 0 Å². The van der Waals surface area contributed by atoms with Gasteiger partial charge in [0.05, 0.1) is 5.50 Å². The SMILES string of the molecule is CC(C)C(=O)O[Si]CCl. The summed E-state index contributed by atoms with van der Waals surface area (Å²) in [6, 6.07) is 0. The van der Waals surface area contributed by atoms with Gasteiger partial charge in [-0.1, -0.05) is 13.8 Å². The lowest BCUT2D eigenvalue weighted by molar-refractivity contribution is -0.137. The maximum absolute atomic E-state index is 10.6. The third-order valence-corrected chi connectivity index (χ3v) is 1.48. The van der Waals surface area contributed by atoms with Gasteiger partial charge in [0.25, 0.3) is 5.97 Å². The van der Waals surface area contributed by atoms with Crippen LogP contribution in [0, 0.1) is 5.92 Å². The number of alkyl halides is 1. The van der Waals surface area contributed by atoms with E-state index in [-0.39, 0.29) is 21.7 Å². The fourth-order valence-electron chi connectivity index (χ4n) is 0.216. The lowest BCUT2D eigenvalue weighted by atomic mass is 10.2. The molecule has 0 saturated carbocycles. The third kappa shape index (κ3) is 4.48. The molecule has 2 nitrogen and oxygen atoms in total. The normalized spacial score (nSPS) is 9.78. The molecule has 0 aliphatic rings. The van der Waals surface area contributed by atoms with Gasteiger partial charge in [-0.2, -0.15) is 0 Å². The van der Waals surface area contributed by atoms with Crippen molar-refractivity contribution >= 4 is 27.3 Å². The minimum Gasteiger partial charge on any atom is -0.515 e. The van der Waals surface area contributed by atoms with Gasteiger partial charge >= 0.3 is 9.76 Å². The standard InChI is InChI=1S/C5H9ClO2Si/c1-4(2)5(7)8-9-3-6/h4H,3H2,1-2H3. The van der Waals surface area contributed by atoms with E-state index in [2.05, 4.69) is 0 Å². The summed E-state index contributed by atoms with van der Waals surface area (Å²) in [5.41, 5.74) is 0.401. The van der Waals surface area contributed by atoms with Gasteiger partial charge in [0, 0.05) is 5.92 Å². The van der Waals surface area contributed by atoms with Crippen LogP contribution in [-0.2, 0) is 9.22 Å². The topological polar surface area (TPSA) is 26.3 Å². The molecule has 0 aromatic carbocycles. The molecule has 0 N–H and O–H groups in total. The number of rotatable bonds is 3. The number of halogens is 1. The first-order valence-electron chi connectivity index (χ1n) is 2.68. The summed E-state index contributed by atoms with van der Waals surface area (Å²) < 4.78 is 4.71. The Labute approximate surface area is 62.5 Å². The zero-order valence-corrected chi connectivity index (χ0v) is 7.23. The van der Waals surface area contributed by atoms with Crippen molar-refractivity contribution in [2.24, 2.45) is 5.92 Å². The fourth-order valence-corrected chi connectivity index (χ4v) is 0.812.